The molecule has 7 heteroatoms. The van der Waals surface area contributed by atoms with Gasteiger partial charge in [-0.15, -0.1) is 0 Å². The Kier molecular flexibility index (Phi) is 5.43. The van der Waals surface area contributed by atoms with Gasteiger partial charge in [-0.05, 0) is 43.9 Å². The average Bonchev–Trinajstić information content (AvgIpc) is 2.93. The van der Waals surface area contributed by atoms with Gasteiger partial charge in [-0.3, -0.25) is 4.21 Å². The van der Waals surface area contributed by atoms with Gasteiger partial charge in [-0.2, -0.15) is 0 Å². The predicted molar refractivity (Wildman–Crippen MR) is 96.0 cm³/mol. The maximum absolute atomic E-state index is 12.2. The zero-order valence-electron chi connectivity index (χ0n) is 13.0. The number of carbonyl (C=O) groups is 1. The number of hydrogen-bond donors (Lipinski definition) is 2. The molecule has 2 atom stereocenters. The number of hydrogen-bond acceptors (Lipinski definition) is 3. The van der Waals surface area contributed by atoms with Crippen LogP contribution in [0.5, 0.6) is 0 Å². The lowest BCUT2D eigenvalue weighted by molar-refractivity contribution is 0.249. The Morgan fingerprint density at radius 2 is 2.04 bits per heavy atom. The van der Waals surface area contributed by atoms with E-state index < -0.39 is 10.8 Å². The van der Waals surface area contributed by atoms with E-state index in [1.165, 1.54) is 19.3 Å². The number of amides is 2. The molecule has 0 bridgehead atoms. The molecule has 2 saturated heterocycles. The van der Waals surface area contributed by atoms with Gasteiger partial charge in [-0.1, -0.05) is 11.6 Å². The third kappa shape index (κ3) is 4.38. The van der Waals surface area contributed by atoms with Gasteiger partial charge in [0, 0.05) is 46.5 Å². The topological polar surface area (TPSA) is 61.4 Å². The Labute approximate surface area is 144 Å². The highest BCUT2D eigenvalue weighted by atomic mass is 35.5. The van der Waals surface area contributed by atoms with Crippen molar-refractivity contribution < 1.29 is 9.00 Å². The minimum absolute atomic E-state index is 0.00606. The molecule has 0 spiro atoms. The van der Waals surface area contributed by atoms with Crippen molar-refractivity contribution in [2.45, 2.75) is 31.7 Å². The Morgan fingerprint density at radius 3 is 2.74 bits per heavy atom. The molecular weight excluding hydrogens is 334 g/mol. The summed E-state index contributed by atoms with van der Waals surface area (Å²) >= 11 is 6.10. The summed E-state index contributed by atoms with van der Waals surface area (Å²) in [6.07, 6.45) is 4.37. The van der Waals surface area contributed by atoms with Gasteiger partial charge >= 0.3 is 6.03 Å². The normalized spacial score (nSPS) is 24.5. The number of piperidine rings is 1. The molecule has 126 valence electrons. The molecule has 2 heterocycles. The molecule has 2 amide bonds. The highest BCUT2D eigenvalue weighted by Crippen LogP contribution is 2.31. The zero-order chi connectivity index (χ0) is 16.2. The molecule has 2 aliphatic rings. The van der Waals surface area contributed by atoms with Crippen LogP contribution in [0.4, 0.5) is 16.2 Å². The summed E-state index contributed by atoms with van der Waals surface area (Å²) < 4.78 is 11.4. The lowest BCUT2D eigenvalue weighted by Gasteiger charge is -2.30. The van der Waals surface area contributed by atoms with Gasteiger partial charge in [0.1, 0.15) is 0 Å². The van der Waals surface area contributed by atoms with Crippen molar-refractivity contribution in [3.05, 3.63) is 23.2 Å². The molecule has 1 aromatic rings. The van der Waals surface area contributed by atoms with Crippen molar-refractivity contribution in [2.75, 3.05) is 34.8 Å². The molecule has 0 saturated carbocycles. The Hall–Kier alpha value is -1.27. The van der Waals surface area contributed by atoms with Gasteiger partial charge < -0.3 is 15.5 Å². The summed E-state index contributed by atoms with van der Waals surface area (Å²) in [7, 11) is -0.800. The van der Waals surface area contributed by atoms with Gasteiger partial charge in [0.25, 0.3) is 0 Å². The molecule has 0 radical (unpaired) electrons. The van der Waals surface area contributed by atoms with E-state index >= 15 is 0 Å². The van der Waals surface area contributed by atoms with Crippen LogP contribution in [0.1, 0.15) is 25.7 Å². The first-order valence-corrected chi connectivity index (χ1v) is 9.95. The summed E-state index contributed by atoms with van der Waals surface area (Å²) in [5.41, 5.74) is 1.75. The highest BCUT2D eigenvalue weighted by Gasteiger charge is 2.23. The molecule has 1 aromatic carbocycles. The Balaban J connectivity index is 1.69. The van der Waals surface area contributed by atoms with E-state index in [-0.39, 0.29) is 12.1 Å². The number of carbonyl (C=O) groups excluding carboxylic acids is 1. The van der Waals surface area contributed by atoms with E-state index in [0.717, 1.165) is 30.9 Å². The molecule has 5 nitrogen and oxygen atoms in total. The summed E-state index contributed by atoms with van der Waals surface area (Å²) in [5.74, 6) is 1.21. The number of benzene rings is 1. The second-order valence-corrected chi connectivity index (χ2v) is 8.16. The van der Waals surface area contributed by atoms with Gasteiger partial charge in [0.05, 0.1) is 11.4 Å². The molecule has 2 aliphatic heterocycles. The third-order valence-corrected chi connectivity index (χ3v) is 6.02. The molecule has 2 N–H and O–H groups in total. The maximum Gasteiger partial charge on any atom is 0.319 e. The lowest BCUT2D eigenvalue weighted by atomic mass is 10.1. The van der Waals surface area contributed by atoms with Crippen LogP contribution in [0.3, 0.4) is 0 Å². The quantitative estimate of drug-likeness (QED) is 0.876. The average molecular weight is 356 g/mol. The Morgan fingerprint density at radius 1 is 1.26 bits per heavy atom. The van der Waals surface area contributed by atoms with Gasteiger partial charge in [0.2, 0.25) is 0 Å². The minimum atomic E-state index is -0.800. The number of urea groups is 1. The zero-order valence-corrected chi connectivity index (χ0v) is 14.6. The number of halogens is 1. The van der Waals surface area contributed by atoms with Gasteiger partial charge in [-0.25, -0.2) is 4.79 Å². The molecule has 3 rings (SSSR count). The number of anilines is 2. The fourth-order valence-corrected chi connectivity index (χ4v) is 4.73. The van der Waals surface area contributed by atoms with Crippen LogP contribution in [0.15, 0.2) is 18.2 Å². The summed E-state index contributed by atoms with van der Waals surface area (Å²) in [6.45, 7) is 2.00. The fraction of sp³-hybridized carbons (Fsp3) is 0.562. The van der Waals surface area contributed by atoms with E-state index in [9.17, 15) is 9.00 Å². The molecule has 2 fully saturated rings. The van der Waals surface area contributed by atoms with Crippen LogP contribution in [-0.2, 0) is 10.8 Å². The summed E-state index contributed by atoms with van der Waals surface area (Å²) in [4.78, 5) is 14.5. The van der Waals surface area contributed by atoms with Crippen molar-refractivity contribution in [1.29, 1.82) is 0 Å². The molecule has 0 aromatic heterocycles. The first-order chi connectivity index (χ1) is 11.1. The Bertz CT molecular complexity index is 605. The van der Waals surface area contributed by atoms with Crippen LogP contribution in [-0.4, -0.2) is 40.9 Å². The first-order valence-electron chi connectivity index (χ1n) is 8.09. The molecule has 23 heavy (non-hydrogen) atoms. The van der Waals surface area contributed by atoms with Crippen molar-refractivity contribution in [2.24, 2.45) is 0 Å². The number of nitrogens with zero attached hydrogens (tertiary/aromatic N) is 1. The standard InChI is InChI=1S/C16H22ClN3O2S/c17-12-4-5-15(20-7-2-1-3-8-20)14(10-12)19-16(21)18-13-6-9-23(22)11-13/h4-5,10,13H,1-3,6-9,11H2,(H2,18,19,21)/t13-,23+/m0/s1. The molecular formula is C16H22ClN3O2S. The maximum atomic E-state index is 12.2. The van der Waals surface area contributed by atoms with Crippen molar-refractivity contribution >= 4 is 39.8 Å². The second-order valence-electron chi connectivity index (χ2n) is 6.10. The van der Waals surface area contributed by atoms with Crippen LogP contribution >= 0.6 is 11.6 Å². The van der Waals surface area contributed by atoms with Crippen LogP contribution in [0.25, 0.3) is 0 Å². The summed E-state index contributed by atoms with van der Waals surface area (Å²) in [6, 6.07) is 5.35. The van der Waals surface area contributed by atoms with Crippen molar-refractivity contribution in [1.82, 2.24) is 5.32 Å². The lowest BCUT2D eigenvalue weighted by Crippen LogP contribution is -2.39. The third-order valence-electron chi connectivity index (χ3n) is 4.32. The largest absolute Gasteiger partial charge is 0.370 e. The first kappa shape index (κ1) is 16.6. The van der Waals surface area contributed by atoms with Crippen molar-refractivity contribution in [3.8, 4) is 0 Å². The minimum Gasteiger partial charge on any atom is -0.370 e. The van der Waals surface area contributed by atoms with E-state index in [1.54, 1.807) is 6.07 Å². The second kappa shape index (κ2) is 7.53. The monoisotopic (exact) mass is 355 g/mol. The smallest absolute Gasteiger partial charge is 0.319 e. The van der Waals surface area contributed by atoms with Crippen LogP contribution in [0.2, 0.25) is 5.02 Å². The number of rotatable bonds is 3. The SMILES string of the molecule is O=C(Nc1cc(Cl)ccc1N1CCCCC1)N[C@H]1CC[S@@](=O)C1. The molecule has 0 aliphatic carbocycles. The predicted octanol–water partition coefficient (Wildman–Crippen LogP) is 2.97. The van der Waals surface area contributed by atoms with E-state index in [2.05, 4.69) is 15.5 Å². The number of nitrogens with one attached hydrogen (secondary N) is 2. The fourth-order valence-electron chi connectivity index (χ4n) is 3.14. The van der Waals surface area contributed by atoms with E-state index in [1.807, 2.05) is 12.1 Å². The van der Waals surface area contributed by atoms with E-state index in [4.69, 9.17) is 11.6 Å². The van der Waals surface area contributed by atoms with Gasteiger partial charge in [0.15, 0.2) is 0 Å². The van der Waals surface area contributed by atoms with Crippen LogP contribution in [0, 0.1) is 0 Å². The highest BCUT2D eigenvalue weighted by molar-refractivity contribution is 7.85. The van der Waals surface area contributed by atoms with Crippen molar-refractivity contribution in [3.63, 3.8) is 0 Å². The van der Waals surface area contributed by atoms with E-state index in [0.29, 0.717) is 16.5 Å². The molecule has 0 unspecified atom stereocenters. The summed E-state index contributed by atoms with van der Waals surface area (Å²) in [5, 5.41) is 6.42. The van der Waals surface area contributed by atoms with Crippen LogP contribution < -0.4 is 15.5 Å².